The van der Waals surface area contributed by atoms with Gasteiger partial charge in [-0.3, -0.25) is 14.6 Å². The van der Waals surface area contributed by atoms with Crippen LogP contribution < -0.4 is 5.32 Å². The van der Waals surface area contributed by atoms with Crippen LogP contribution in [0.15, 0.2) is 0 Å². The van der Waals surface area contributed by atoms with Gasteiger partial charge in [0.05, 0.1) is 13.2 Å². The largest absolute Gasteiger partial charge is 0.380 e. The molecular weight excluding hydrogens is 230 g/mol. The summed E-state index contributed by atoms with van der Waals surface area (Å²) in [6.07, 6.45) is 0. The van der Waals surface area contributed by atoms with E-state index in [9.17, 15) is 4.79 Å². The number of carbonyl (C=O) groups is 1. The van der Waals surface area contributed by atoms with Crippen molar-refractivity contribution in [2.24, 2.45) is 0 Å². The molecule has 106 valence electrons. The minimum Gasteiger partial charge on any atom is -0.380 e. The van der Waals surface area contributed by atoms with Crippen LogP contribution in [0.1, 0.15) is 20.8 Å². The van der Waals surface area contributed by atoms with Gasteiger partial charge in [0.25, 0.3) is 0 Å². The summed E-state index contributed by atoms with van der Waals surface area (Å²) in [4.78, 5) is 16.2. The molecule has 1 saturated heterocycles. The third-order valence-electron chi connectivity index (χ3n) is 3.04. The number of nitrogens with zero attached hydrogens (tertiary/aromatic N) is 2. The van der Waals surface area contributed by atoms with Crippen LogP contribution in [0.3, 0.4) is 0 Å². The van der Waals surface area contributed by atoms with Crippen molar-refractivity contribution < 1.29 is 9.53 Å². The second-order valence-corrected chi connectivity index (χ2v) is 5.04. The molecule has 5 nitrogen and oxygen atoms in total. The summed E-state index contributed by atoms with van der Waals surface area (Å²) in [5, 5.41) is 2.93. The number of carbonyl (C=O) groups excluding carboxylic acids is 1. The number of nitrogens with one attached hydrogen (secondary N) is 1. The van der Waals surface area contributed by atoms with Gasteiger partial charge in [0.2, 0.25) is 5.91 Å². The fourth-order valence-corrected chi connectivity index (χ4v) is 2.08. The Bertz CT molecular complexity index is 238. The SMILES string of the molecule is CCOCCN1CCN(CC(=O)NC(C)C)CC1. The van der Waals surface area contributed by atoms with Crippen molar-refractivity contribution >= 4 is 5.91 Å². The van der Waals surface area contributed by atoms with Gasteiger partial charge in [-0.05, 0) is 20.8 Å². The van der Waals surface area contributed by atoms with Crippen LogP contribution in [0.25, 0.3) is 0 Å². The van der Waals surface area contributed by atoms with Gasteiger partial charge < -0.3 is 10.1 Å². The first-order valence-corrected chi connectivity index (χ1v) is 6.93. The molecule has 5 heteroatoms. The molecule has 1 N–H and O–H groups in total. The Kier molecular flexibility index (Phi) is 7.23. The summed E-state index contributed by atoms with van der Waals surface area (Å²) >= 11 is 0. The molecule has 1 heterocycles. The van der Waals surface area contributed by atoms with Crippen LogP contribution in [-0.4, -0.2) is 74.2 Å². The Morgan fingerprint density at radius 2 is 1.83 bits per heavy atom. The van der Waals surface area contributed by atoms with Gasteiger partial charge in [-0.2, -0.15) is 0 Å². The molecule has 0 radical (unpaired) electrons. The molecule has 0 aromatic heterocycles. The normalized spacial score (nSPS) is 18.2. The van der Waals surface area contributed by atoms with Crippen molar-refractivity contribution in [3.05, 3.63) is 0 Å². The summed E-state index contributed by atoms with van der Waals surface area (Å²) in [5.74, 6) is 0.132. The summed E-state index contributed by atoms with van der Waals surface area (Å²) in [7, 11) is 0. The molecule has 0 bridgehead atoms. The highest BCUT2D eigenvalue weighted by atomic mass is 16.5. The molecule has 0 aromatic carbocycles. The number of hydrogen-bond donors (Lipinski definition) is 1. The van der Waals surface area contributed by atoms with Crippen LogP contribution in [0.5, 0.6) is 0 Å². The van der Waals surface area contributed by atoms with E-state index in [0.29, 0.717) is 6.54 Å². The van der Waals surface area contributed by atoms with Crippen LogP contribution in [0, 0.1) is 0 Å². The van der Waals surface area contributed by atoms with E-state index in [1.807, 2.05) is 20.8 Å². The van der Waals surface area contributed by atoms with E-state index in [-0.39, 0.29) is 11.9 Å². The molecule has 0 unspecified atom stereocenters. The topological polar surface area (TPSA) is 44.8 Å². The molecule has 1 amide bonds. The molecule has 1 fully saturated rings. The third-order valence-corrected chi connectivity index (χ3v) is 3.04. The zero-order valence-corrected chi connectivity index (χ0v) is 11.9. The molecule has 0 spiro atoms. The van der Waals surface area contributed by atoms with E-state index in [1.165, 1.54) is 0 Å². The van der Waals surface area contributed by atoms with Gasteiger partial charge in [-0.25, -0.2) is 0 Å². The Morgan fingerprint density at radius 1 is 1.22 bits per heavy atom. The van der Waals surface area contributed by atoms with Gasteiger partial charge in [0, 0.05) is 45.4 Å². The maximum Gasteiger partial charge on any atom is 0.234 e. The van der Waals surface area contributed by atoms with Crippen molar-refractivity contribution in [1.82, 2.24) is 15.1 Å². The fourth-order valence-electron chi connectivity index (χ4n) is 2.08. The fraction of sp³-hybridized carbons (Fsp3) is 0.923. The quantitative estimate of drug-likeness (QED) is 0.660. The molecule has 1 aliphatic rings. The average molecular weight is 257 g/mol. The first-order chi connectivity index (χ1) is 8.61. The summed E-state index contributed by atoms with van der Waals surface area (Å²) in [5.41, 5.74) is 0. The molecule has 0 atom stereocenters. The second-order valence-electron chi connectivity index (χ2n) is 5.04. The lowest BCUT2D eigenvalue weighted by atomic mass is 10.3. The number of amides is 1. The van der Waals surface area contributed by atoms with Crippen molar-refractivity contribution in [3.8, 4) is 0 Å². The minimum atomic E-state index is 0.132. The lowest BCUT2D eigenvalue weighted by Gasteiger charge is -2.34. The molecule has 0 saturated carbocycles. The minimum absolute atomic E-state index is 0.132. The van der Waals surface area contributed by atoms with Gasteiger partial charge in [0.15, 0.2) is 0 Å². The number of ether oxygens (including phenoxy) is 1. The van der Waals surface area contributed by atoms with E-state index < -0.39 is 0 Å². The third kappa shape index (κ3) is 6.33. The Balaban J connectivity index is 2.13. The van der Waals surface area contributed by atoms with Crippen molar-refractivity contribution in [3.63, 3.8) is 0 Å². The first-order valence-electron chi connectivity index (χ1n) is 6.93. The number of hydrogen-bond acceptors (Lipinski definition) is 4. The van der Waals surface area contributed by atoms with Gasteiger partial charge in [-0.15, -0.1) is 0 Å². The smallest absolute Gasteiger partial charge is 0.234 e. The predicted molar refractivity (Wildman–Crippen MR) is 72.7 cm³/mol. The van der Waals surface area contributed by atoms with E-state index >= 15 is 0 Å². The van der Waals surface area contributed by atoms with E-state index in [1.54, 1.807) is 0 Å². The van der Waals surface area contributed by atoms with Crippen LogP contribution in [0.2, 0.25) is 0 Å². The monoisotopic (exact) mass is 257 g/mol. The zero-order chi connectivity index (χ0) is 13.4. The lowest BCUT2D eigenvalue weighted by Crippen LogP contribution is -2.50. The maximum absolute atomic E-state index is 11.6. The highest BCUT2D eigenvalue weighted by Gasteiger charge is 2.18. The summed E-state index contributed by atoms with van der Waals surface area (Å²) in [6.45, 7) is 13.1. The van der Waals surface area contributed by atoms with E-state index in [4.69, 9.17) is 4.74 Å². The van der Waals surface area contributed by atoms with Crippen LogP contribution >= 0.6 is 0 Å². The summed E-state index contributed by atoms with van der Waals surface area (Å²) < 4.78 is 5.35. The molecule has 0 aliphatic carbocycles. The Hall–Kier alpha value is -0.650. The van der Waals surface area contributed by atoms with Crippen LogP contribution in [0.4, 0.5) is 0 Å². The first kappa shape index (κ1) is 15.4. The van der Waals surface area contributed by atoms with E-state index in [2.05, 4.69) is 15.1 Å². The second kappa shape index (κ2) is 8.45. The van der Waals surface area contributed by atoms with E-state index in [0.717, 1.165) is 45.9 Å². The predicted octanol–water partition coefficient (Wildman–Crippen LogP) is 0.165. The van der Waals surface area contributed by atoms with Crippen molar-refractivity contribution in [2.75, 3.05) is 52.5 Å². The molecule has 1 aliphatic heterocycles. The molecular formula is C13H27N3O2. The number of rotatable bonds is 7. The van der Waals surface area contributed by atoms with Gasteiger partial charge in [0.1, 0.15) is 0 Å². The van der Waals surface area contributed by atoms with Gasteiger partial charge >= 0.3 is 0 Å². The highest BCUT2D eigenvalue weighted by molar-refractivity contribution is 5.78. The average Bonchev–Trinajstić information content (AvgIpc) is 2.30. The number of piperazine rings is 1. The van der Waals surface area contributed by atoms with Crippen molar-refractivity contribution in [1.29, 1.82) is 0 Å². The highest BCUT2D eigenvalue weighted by Crippen LogP contribution is 2.01. The lowest BCUT2D eigenvalue weighted by molar-refractivity contribution is -0.123. The summed E-state index contributed by atoms with van der Waals surface area (Å²) in [6, 6.07) is 0.227. The molecule has 18 heavy (non-hydrogen) atoms. The standard InChI is InChI=1S/C13H27N3O2/c1-4-18-10-9-15-5-7-16(8-6-15)11-13(17)14-12(2)3/h12H,4-11H2,1-3H3,(H,14,17). The molecule has 0 aromatic rings. The van der Waals surface area contributed by atoms with Gasteiger partial charge in [-0.1, -0.05) is 0 Å². The Labute approximate surface area is 110 Å². The molecule has 1 rings (SSSR count). The van der Waals surface area contributed by atoms with Crippen molar-refractivity contribution in [2.45, 2.75) is 26.8 Å². The zero-order valence-electron chi connectivity index (χ0n) is 11.9. The maximum atomic E-state index is 11.6. The van der Waals surface area contributed by atoms with Crippen LogP contribution in [-0.2, 0) is 9.53 Å². The Morgan fingerprint density at radius 3 is 2.39 bits per heavy atom.